The van der Waals surface area contributed by atoms with E-state index >= 15 is 0 Å². The molecule has 0 radical (unpaired) electrons. The van der Waals surface area contributed by atoms with E-state index in [-0.39, 0.29) is 30.9 Å². The van der Waals surface area contributed by atoms with Gasteiger partial charge in [0.2, 0.25) is 5.91 Å². The lowest BCUT2D eigenvalue weighted by Gasteiger charge is -2.39. The number of rotatable bonds is 12. The zero-order chi connectivity index (χ0) is 26.0. The molecular weight excluding hydrogens is 459 g/mol. The van der Waals surface area contributed by atoms with Crippen LogP contribution in [-0.2, 0) is 9.59 Å². The number of anilines is 1. The second-order valence-corrected chi connectivity index (χ2v) is 11.7. The van der Waals surface area contributed by atoms with Crippen molar-refractivity contribution in [3.05, 3.63) is 46.6 Å². The Hall–Kier alpha value is -2.70. The van der Waals surface area contributed by atoms with Gasteiger partial charge in [-0.2, -0.15) is 0 Å². The molecule has 7 heteroatoms. The predicted molar refractivity (Wildman–Crippen MR) is 137 cm³/mol. The van der Waals surface area contributed by atoms with Gasteiger partial charge < -0.3 is 14.9 Å². The first kappa shape index (κ1) is 26.4. The van der Waals surface area contributed by atoms with Gasteiger partial charge in [-0.05, 0) is 80.4 Å². The molecule has 1 atom stereocenters. The van der Waals surface area contributed by atoms with Crippen LogP contribution in [0.4, 0.5) is 10.1 Å². The number of aryl methyl sites for hydroxylation is 1. The van der Waals surface area contributed by atoms with E-state index in [0.29, 0.717) is 23.2 Å². The van der Waals surface area contributed by atoms with Crippen LogP contribution in [0.15, 0.2) is 22.7 Å². The number of halogens is 1. The maximum Gasteiger partial charge on any atom is 0.303 e. The van der Waals surface area contributed by atoms with Gasteiger partial charge in [-0.25, -0.2) is 4.39 Å². The highest BCUT2D eigenvalue weighted by atomic mass is 19.1. The van der Waals surface area contributed by atoms with Gasteiger partial charge in [0.05, 0.1) is 11.4 Å². The van der Waals surface area contributed by atoms with E-state index in [1.165, 1.54) is 12.5 Å². The maximum atomic E-state index is 14.3. The van der Waals surface area contributed by atoms with Gasteiger partial charge in [0.25, 0.3) is 0 Å². The number of aliphatic carboxylic acids is 1. The third-order valence-corrected chi connectivity index (χ3v) is 8.10. The number of hydrogen-bond donors (Lipinski definition) is 2. The first-order chi connectivity index (χ1) is 17.1. The topological polar surface area (TPSA) is 92.4 Å². The molecule has 2 aromatic rings. The van der Waals surface area contributed by atoms with Gasteiger partial charge in [0, 0.05) is 30.2 Å². The number of carboxylic acids is 1. The Balaban J connectivity index is 1.50. The minimum atomic E-state index is -0.915. The zero-order valence-electron chi connectivity index (χ0n) is 21.9. The van der Waals surface area contributed by atoms with E-state index in [1.54, 1.807) is 19.1 Å². The Labute approximate surface area is 213 Å². The quantitative estimate of drug-likeness (QED) is 0.320. The van der Waals surface area contributed by atoms with Gasteiger partial charge in [-0.1, -0.05) is 38.4 Å². The molecule has 196 valence electrons. The van der Waals surface area contributed by atoms with Crippen molar-refractivity contribution in [3.63, 3.8) is 0 Å². The van der Waals surface area contributed by atoms with Crippen LogP contribution in [0, 0.1) is 24.1 Å². The summed E-state index contributed by atoms with van der Waals surface area (Å²) in [5, 5.41) is 16.4. The summed E-state index contributed by atoms with van der Waals surface area (Å²) in [7, 11) is 0. The Morgan fingerprint density at radius 3 is 2.58 bits per heavy atom. The number of amides is 1. The fraction of sp³-hybridized carbons (Fsp3) is 0.621. The summed E-state index contributed by atoms with van der Waals surface area (Å²) in [6.07, 6.45) is 6.91. The number of carbonyl (C=O) groups is 2. The number of hydrogen-bond acceptors (Lipinski definition) is 4. The molecule has 0 spiro atoms. The van der Waals surface area contributed by atoms with Gasteiger partial charge in [0.15, 0.2) is 0 Å². The molecule has 1 heterocycles. The van der Waals surface area contributed by atoms with Crippen LogP contribution in [0.3, 0.4) is 0 Å². The van der Waals surface area contributed by atoms with Crippen LogP contribution in [0.1, 0.15) is 119 Å². The lowest BCUT2D eigenvalue weighted by Crippen LogP contribution is -2.27. The molecule has 2 aliphatic rings. The molecule has 1 aromatic heterocycles. The number of nitrogens with zero attached hydrogens (tertiary/aromatic N) is 1. The molecule has 4 rings (SSSR count). The molecule has 0 aliphatic heterocycles. The average molecular weight is 499 g/mol. The van der Waals surface area contributed by atoms with Gasteiger partial charge in [-0.3, -0.25) is 9.59 Å². The van der Waals surface area contributed by atoms with Crippen LogP contribution in [-0.4, -0.2) is 22.1 Å². The normalized spacial score (nSPS) is 20.6. The van der Waals surface area contributed by atoms with Crippen LogP contribution >= 0.6 is 0 Å². The maximum absolute atomic E-state index is 14.3. The number of benzene rings is 1. The summed E-state index contributed by atoms with van der Waals surface area (Å²) in [6.45, 7) is 8.67. The second kappa shape index (κ2) is 10.7. The van der Waals surface area contributed by atoms with Gasteiger partial charge in [0.1, 0.15) is 11.6 Å². The summed E-state index contributed by atoms with van der Waals surface area (Å²) in [6, 6.07) is 4.66. The molecule has 1 aromatic carbocycles. The highest BCUT2D eigenvalue weighted by Gasteiger charge is 2.42. The van der Waals surface area contributed by atoms with Crippen molar-refractivity contribution in [3.8, 4) is 0 Å². The smallest absolute Gasteiger partial charge is 0.303 e. The zero-order valence-corrected chi connectivity index (χ0v) is 21.9. The molecule has 0 bridgehead atoms. The molecule has 2 aliphatic carbocycles. The Morgan fingerprint density at radius 1 is 1.25 bits per heavy atom. The van der Waals surface area contributed by atoms with E-state index in [9.17, 15) is 19.1 Å². The van der Waals surface area contributed by atoms with E-state index in [1.807, 2.05) is 0 Å². The number of carboxylic acid groups (broad SMARTS) is 1. The van der Waals surface area contributed by atoms with Gasteiger partial charge >= 0.3 is 5.97 Å². The third kappa shape index (κ3) is 6.34. The molecule has 36 heavy (non-hydrogen) atoms. The molecular formula is C29H39FN2O4. The van der Waals surface area contributed by atoms with Crippen molar-refractivity contribution >= 4 is 17.6 Å². The van der Waals surface area contributed by atoms with Crippen molar-refractivity contribution in [2.24, 2.45) is 11.3 Å². The lowest BCUT2D eigenvalue weighted by atomic mass is 9.66. The largest absolute Gasteiger partial charge is 0.481 e. The highest BCUT2D eigenvalue weighted by molar-refractivity contribution is 5.91. The molecule has 2 fully saturated rings. The summed E-state index contributed by atoms with van der Waals surface area (Å²) < 4.78 is 20.2. The van der Waals surface area contributed by atoms with Crippen molar-refractivity contribution in [1.29, 1.82) is 0 Å². The number of carbonyl (C=O) groups excluding carboxylic acids is 1. The predicted octanol–water partition coefficient (Wildman–Crippen LogP) is 7.30. The van der Waals surface area contributed by atoms with Crippen molar-refractivity contribution in [2.75, 3.05) is 5.32 Å². The van der Waals surface area contributed by atoms with E-state index in [2.05, 4.69) is 31.2 Å². The summed E-state index contributed by atoms with van der Waals surface area (Å²) in [5.41, 5.74) is 3.07. The van der Waals surface area contributed by atoms with Crippen molar-refractivity contribution in [1.82, 2.24) is 5.16 Å². The fourth-order valence-electron chi connectivity index (χ4n) is 5.52. The van der Waals surface area contributed by atoms with Crippen molar-refractivity contribution in [2.45, 2.75) is 103 Å². The molecule has 0 saturated heterocycles. The lowest BCUT2D eigenvalue weighted by molar-refractivity contribution is -0.137. The van der Waals surface area contributed by atoms with Crippen LogP contribution in [0.25, 0.3) is 0 Å². The van der Waals surface area contributed by atoms with E-state index in [0.717, 1.165) is 54.7 Å². The Morgan fingerprint density at radius 2 is 1.97 bits per heavy atom. The van der Waals surface area contributed by atoms with Crippen molar-refractivity contribution < 1.29 is 23.6 Å². The highest BCUT2D eigenvalue weighted by Crippen LogP contribution is 2.53. The Bertz CT molecular complexity index is 1100. The summed E-state index contributed by atoms with van der Waals surface area (Å²) in [5.74, 6) is 0.197. The summed E-state index contributed by atoms with van der Waals surface area (Å²) in [4.78, 5) is 24.3. The molecule has 2 N–H and O–H groups in total. The molecule has 6 nitrogen and oxygen atoms in total. The van der Waals surface area contributed by atoms with Crippen LogP contribution in [0.2, 0.25) is 0 Å². The first-order valence-electron chi connectivity index (χ1n) is 13.3. The first-order valence-corrected chi connectivity index (χ1v) is 13.3. The van der Waals surface area contributed by atoms with Crippen LogP contribution < -0.4 is 5.32 Å². The SMILES string of the molecule is CCC(C)(C)CC1CC(c2onc(C(CCC(=O)O)CC(=O)Nc3ccc(C)cc3F)c2C2CC2)C1. The monoisotopic (exact) mass is 498 g/mol. The van der Waals surface area contributed by atoms with E-state index in [4.69, 9.17) is 4.52 Å². The number of nitrogens with one attached hydrogen (secondary N) is 1. The fourth-order valence-corrected chi connectivity index (χ4v) is 5.52. The summed E-state index contributed by atoms with van der Waals surface area (Å²) >= 11 is 0. The second-order valence-electron chi connectivity index (χ2n) is 11.7. The molecule has 2 saturated carbocycles. The third-order valence-electron chi connectivity index (χ3n) is 8.10. The van der Waals surface area contributed by atoms with Crippen LogP contribution in [0.5, 0.6) is 0 Å². The standard InChI is InChI=1S/C29H39FN2O4/c1-5-29(3,4)16-18-13-21(14-18)28-26(19-7-8-19)27(32-36-28)20(9-11-25(34)35)15-24(33)31-23-10-6-17(2)12-22(23)30/h6,10,12,18-21H,5,7-9,11,13-16H2,1-4H3,(H,31,33)(H,34,35). The minimum absolute atomic E-state index is 0.0320. The Kier molecular flexibility index (Phi) is 7.86. The molecule has 1 amide bonds. The van der Waals surface area contributed by atoms with E-state index < -0.39 is 17.7 Å². The minimum Gasteiger partial charge on any atom is -0.481 e. The average Bonchev–Trinajstić information content (AvgIpc) is 3.54. The molecule has 1 unspecified atom stereocenters. The van der Waals surface area contributed by atoms with Gasteiger partial charge in [-0.15, -0.1) is 0 Å². The number of aromatic nitrogens is 1.